The number of sulfonamides is 1. The quantitative estimate of drug-likeness (QED) is 0.575. The van der Waals surface area contributed by atoms with Gasteiger partial charge in [0.05, 0.1) is 20.5 Å². The smallest absolute Gasteiger partial charge is 0.259 e. The van der Waals surface area contributed by atoms with Crippen LogP contribution in [0.2, 0.25) is 10.0 Å². The Hall–Kier alpha value is -2.04. The molecule has 1 aliphatic rings. The summed E-state index contributed by atoms with van der Waals surface area (Å²) in [6, 6.07) is 11.3. The van der Waals surface area contributed by atoms with Crippen LogP contribution in [-0.4, -0.2) is 41.9 Å². The van der Waals surface area contributed by atoms with E-state index in [0.29, 0.717) is 28.7 Å². The first kappa shape index (κ1) is 21.2. The average molecular weight is 483 g/mol. The highest BCUT2D eigenvalue weighted by Gasteiger charge is 2.28. The van der Waals surface area contributed by atoms with E-state index in [1.54, 1.807) is 18.2 Å². The first-order valence-electron chi connectivity index (χ1n) is 9.06. The number of carbonyl (C=O) groups is 1. The Morgan fingerprint density at radius 2 is 1.77 bits per heavy atom. The zero-order chi connectivity index (χ0) is 21.3. The summed E-state index contributed by atoms with van der Waals surface area (Å²) in [5.74, 6) is -0.569. The van der Waals surface area contributed by atoms with Crippen LogP contribution in [0.3, 0.4) is 0 Å². The van der Waals surface area contributed by atoms with Crippen molar-refractivity contribution in [2.75, 3.05) is 18.4 Å². The molecule has 0 radical (unpaired) electrons. The number of amides is 1. The molecule has 1 saturated heterocycles. The maximum Gasteiger partial charge on any atom is 0.259 e. The number of hydrogen-bond donors (Lipinski definition) is 1. The van der Waals surface area contributed by atoms with Gasteiger partial charge < -0.3 is 0 Å². The summed E-state index contributed by atoms with van der Waals surface area (Å²) >= 11 is 13.5. The number of aromatic nitrogens is 2. The monoisotopic (exact) mass is 482 g/mol. The molecule has 1 N–H and O–H groups in total. The molecule has 1 amide bonds. The summed E-state index contributed by atoms with van der Waals surface area (Å²) in [4.78, 5) is 12.8. The number of nitrogens with one attached hydrogen (secondary N) is 1. The lowest BCUT2D eigenvalue weighted by atomic mass is 10.2. The lowest BCUT2D eigenvalue weighted by Crippen LogP contribution is -2.28. The SMILES string of the molecule is O=C(Nc1nnc(-c2ccccc2Cl)s1)c1cc(S(=O)(=O)N2CCCC2)ccc1Cl. The number of anilines is 1. The fourth-order valence-electron chi connectivity index (χ4n) is 3.10. The minimum absolute atomic E-state index is 0.0352. The van der Waals surface area contributed by atoms with Crippen LogP contribution in [-0.2, 0) is 10.0 Å². The van der Waals surface area contributed by atoms with Crippen molar-refractivity contribution >= 4 is 55.6 Å². The van der Waals surface area contributed by atoms with E-state index in [1.807, 2.05) is 6.07 Å². The lowest BCUT2D eigenvalue weighted by molar-refractivity contribution is 0.102. The van der Waals surface area contributed by atoms with E-state index in [-0.39, 0.29) is 20.6 Å². The second-order valence-electron chi connectivity index (χ2n) is 6.60. The van der Waals surface area contributed by atoms with E-state index < -0.39 is 15.9 Å². The third-order valence-electron chi connectivity index (χ3n) is 4.63. The van der Waals surface area contributed by atoms with Gasteiger partial charge in [0.2, 0.25) is 15.2 Å². The molecule has 2 heterocycles. The van der Waals surface area contributed by atoms with E-state index in [4.69, 9.17) is 23.2 Å². The van der Waals surface area contributed by atoms with Gasteiger partial charge in [-0.2, -0.15) is 4.31 Å². The molecule has 3 aromatic rings. The number of benzene rings is 2. The average Bonchev–Trinajstić information content (AvgIpc) is 3.41. The molecule has 0 atom stereocenters. The van der Waals surface area contributed by atoms with Crippen LogP contribution >= 0.6 is 34.5 Å². The molecular weight excluding hydrogens is 467 g/mol. The van der Waals surface area contributed by atoms with Gasteiger partial charge in [-0.05, 0) is 37.1 Å². The van der Waals surface area contributed by atoms with Gasteiger partial charge in [-0.15, -0.1) is 10.2 Å². The highest BCUT2D eigenvalue weighted by atomic mass is 35.5. The molecule has 0 aliphatic carbocycles. The Morgan fingerprint density at radius 1 is 1.03 bits per heavy atom. The molecule has 0 bridgehead atoms. The summed E-state index contributed by atoms with van der Waals surface area (Å²) in [6.07, 6.45) is 1.65. The van der Waals surface area contributed by atoms with Crippen LogP contribution in [0.4, 0.5) is 5.13 Å². The fraction of sp³-hybridized carbons (Fsp3) is 0.211. The van der Waals surface area contributed by atoms with E-state index in [0.717, 1.165) is 24.2 Å². The minimum Gasteiger partial charge on any atom is -0.296 e. The van der Waals surface area contributed by atoms with E-state index in [1.165, 1.54) is 22.5 Å². The van der Waals surface area contributed by atoms with Gasteiger partial charge in [-0.1, -0.05) is 52.7 Å². The zero-order valence-electron chi connectivity index (χ0n) is 15.5. The standard InChI is InChI=1S/C19H16Cl2N4O3S2/c20-15-6-2-1-5-13(15)18-23-24-19(29-18)22-17(26)14-11-12(7-8-16(14)21)30(27,28)25-9-3-4-10-25/h1-2,5-8,11H,3-4,9-10H2,(H,22,24,26). The number of carbonyl (C=O) groups excluding carboxylic acids is 1. The maximum atomic E-state index is 12.8. The predicted molar refractivity (Wildman–Crippen MR) is 118 cm³/mol. The third-order valence-corrected chi connectivity index (χ3v) is 8.06. The molecule has 30 heavy (non-hydrogen) atoms. The van der Waals surface area contributed by atoms with Crippen LogP contribution in [0, 0.1) is 0 Å². The topological polar surface area (TPSA) is 92.3 Å². The Morgan fingerprint density at radius 3 is 2.50 bits per heavy atom. The van der Waals surface area contributed by atoms with Crippen molar-refractivity contribution in [1.29, 1.82) is 0 Å². The molecule has 1 fully saturated rings. The number of hydrogen-bond acceptors (Lipinski definition) is 6. The van der Waals surface area contributed by atoms with Crippen molar-refractivity contribution in [3.8, 4) is 10.6 Å². The Kier molecular flexibility index (Phi) is 6.08. The Bertz CT molecular complexity index is 1210. The highest BCUT2D eigenvalue weighted by molar-refractivity contribution is 7.89. The van der Waals surface area contributed by atoms with Crippen molar-refractivity contribution in [3.63, 3.8) is 0 Å². The molecule has 0 saturated carbocycles. The molecule has 4 rings (SSSR count). The van der Waals surface area contributed by atoms with Gasteiger partial charge >= 0.3 is 0 Å². The van der Waals surface area contributed by atoms with Crippen molar-refractivity contribution < 1.29 is 13.2 Å². The van der Waals surface area contributed by atoms with Crippen LogP contribution in [0.25, 0.3) is 10.6 Å². The minimum atomic E-state index is -3.67. The predicted octanol–water partition coefficient (Wildman–Crippen LogP) is 4.55. The summed E-state index contributed by atoms with van der Waals surface area (Å²) < 4.78 is 27.0. The number of nitrogens with zero attached hydrogens (tertiary/aromatic N) is 3. The van der Waals surface area contributed by atoms with Crippen molar-refractivity contribution in [2.45, 2.75) is 17.7 Å². The summed E-state index contributed by atoms with van der Waals surface area (Å²) in [5, 5.41) is 12.1. The molecule has 156 valence electrons. The molecular formula is C19H16Cl2N4O3S2. The lowest BCUT2D eigenvalue weighted by Gasteiger charge is -2.16. The first-order chi connectivity index (χ1) is 14.4. The second-order valence-corrected chi connectivity index (χ2v) is 10.3. The Balaban J connectivity index is 1.58. The molecule has 1 aromatic heterocycles. The summed E-state index contributed by atoms with van der Waals surface area (Å²) in [7, 11) is -3.67. The summed E-state index contributed by atoms with van der Waals surface area (Å²) in [6.45, 7) is 0.949. The van der Waals surface area contributed by atoms with Crippen molar-refractivity contribution in [1.82, 2.24) is 14.5 Å². The van der Waals surface area contributed by atoms with Gasteiger partial charge in [0.25, 0.3) is 5.91 Å². The highest BCUT2D eigenvalue weighted by Crippen LogP contribution is 2.32. The second kappa shape index (κ2) is 8.60. The number of rotatable bonds is 5. The molecule has 7 nitrogen and oxygen atoms in total. The van der Waals surface area contributed by atoms with Gasteiger partial charge in [0.15, 0.2) is 5.01 Å². The van der Waals surface area contributed by atoms with Gasteiger partial charge in [0, 0.05) is 18.7 Å². The fourth-order valence-corrected chi connectivity index (χ4v) is 5.90. The zero-order valence-corrected chi connectivity index (χ0v) is 18.7. The summed E-state index contributed by atoms with van der Waals surface area (Å²) in [5.41, 5.74) is 0.750. The maximum absolute atomic E-state index is 12.8. The van der Waals surface area contributed by atoms with Crippen LogP contribution in [0.15, 0.2) is 47.4 Å². The number of halogens is 2. The van der Waals surface area contributed by atoms with Gasteiger partial charge in [-0.25, -0.2) is 8.42 Å². The van der Waals surface area contributed by atoms with Gasteiger partial charge in [0.1, 0.15) is 0 Å². The molecule has 0 spiro atoms. The van der Waals surface area contributed by atoms with Crippen molar-refractivity contribution in [2.24, 2.45) is 0 Å². The van der Waals surface area contributed by atoms with Crippen LogP contribution in [0.1, 0.15) is 23.2 Å². The Labute approximate surface area is 187 Å². The molecule has 2 aromatic carbocycles. The normalized spacial score (nSPS) is 14.7. The molecule has 0 unspecified atom stereocenters. The largest absolute Gasteiger partial charge is 0.296 e. The van der Waals surface area contributed by atoms with Crippen LogP contribution < -0.4 is 5.32 Å². The van der Waals surface area contributed by atoms with Gasteiger partial charge in [-0.3, -0.25) is 10.1 Å². The van der Waals surface area contributed by atoms with Crippen molar-refractivity contribution in [3.05, 3.63) is 58.1 Å². The van der Waals surface area contributed by atoms with E-state index in [2.05, 4.69) is 15.5 Å². The molecule has 11 heteroatoms. The first-order valence-corrected chi connectivity index (χ1v) is 12.1. The van der Waals surface area contributed by atoms with Crippen LogP contribution in [0.5, 0.6) is 0 Å². The third kappa shape index (κ3) is 4.21. The molecule has 1 aliphatic heterocycles. The van der Waals surface area contributed by atoms with E-state index in [9.17, 15) is 13.2 Å². The van der Waals surface area contributed by atoms with E-state index >= 15 is 0 Å².